The van der Waals surface area contributed by atoms with Crippen LogP contribution in [0.5, 0.6) is 0 Å². The van der Waals surface area contributed by atoms with Crippen molar-refractivity contribution in [3.05, 3.63) is 12.2 Å². The molecular formula is C17H32IN7O. The summed E-state index contributed by atoms with van der Waals surface area (Å²) in [4.78, 5) is 7.01. The summed E-state index contributed by atoms with van der Waals surface area (Å²) in [6.07, 6.45) is 8.18. The van der Waals surface area contributed by atoms with Crippen LogP contribution in [-0.2, 0) is 18.3 Å². The summed E-state index contributed by atoms with van der Waals surface area (Å²) in [6.45, 7) is 5.30. The lowest BCUT2D eigenvalue weighted by Gasteiger charge is -2.48. The molecule has 3 rings (SSSR count). The first kappa shape index (κ1) is 21.4. The summed E-state index contributed by atoms with van der Waals surface area (Å²) in [5, 5.41) is 14.9. The van der Waals surface area contributed by atoms with Crippen molar-refractivity contribution in [2.45, 2.75) is 44.2 Å². The summed E-state index contributed by atoms with van der Waals surface area (Å²) in [7, 11) is 3.76. The third-order valence-electron chi connectivity index (χ3n) is 5.49. The average Bonchev–Trinajstić information content (AvgIpc) is 3.08. The van der Waals surface area contributed by atoms with E-state index in [-0.39, 0.29) is 29.5 Å². The van der Waals surface area contributed by atoms with Gasteiger partial charge in [0.15, 0.2) is 11.8 Å². The molecule has 0 bridgehead atoms. The Balaban J connectivity index is 0.00000243. The van der Waals surface area contributed by atoms with Crippen LogP contribution in [0.4, 0.5) is 0 Å². The van der Waals surface area contributed by atoms with E-state index >= 15 is 0 Å². The number of guanidine groups is 1. The Morgan fingerprint density at radius 3 is 2.58 bits per heavy atom. The second-order valence-corrected chi connectivity index (χ2v) is 7.02. The predicted molar refractivity (Wildman–Crippen MR) is 113 cm³/mol. The Bertz CT molecular complexity index is 565. The largest absolute Gasteiger partial charge is 0.379 e. The minimum absolute atomic E-state index is 0. The number of nitrogens with zero attached hydrogens (tertiary/aromatic N) is 5. The molecule has 1 saturated carbocycles. The van der Waals surface area contributed by atoms with Crippen molar-refractivity contribution in [3.8, 4) is 0 Å². The van der Waals surface area contributed by atoms with Gasteiger partial charge in [-0.25, -0.2) is 0 Å². The van der Waals surface area contributed by atoms with E-state index in [0.717, 1.165) is 44.6 Å². The van der Waals surface area contributed by atoms with E-state index < -0.39 is 0 Å². The van der Waals surface area contributed by atoms with Crippen LogP contribution in [-0.4, -0.2) is 71.1 Å². The second kappa shape index (κ2) is 10.4. The molecule has 1 aromatic heterocycles. The molecular weight excluding hydrogens is 445 g/mol. The van der Waals surface area contributed by atoms with E-state index in [1.165, 1.54) is 32.1 Å². The van der Waals surface area contributed by atoms with E-state index in [1.807, 2.05) is 18.7 Å². The molecule has 2 aliphatic rings. The Morgan fingerprint density at radius 2 is 1.96 bits per heavy atom. The highest BCUT2D eigenvalue weighted by molar-refractivity contribution is 14.0. The van der Waals surface area contributed by atoms with Crippen LogP contribution >= 0.6 is 24.0 Å². The second-order valence-electron chi connectivity index (χ2n) is 7.02. The Labute approximate surface area is 173 Å². The van der Waals surface area contributed by atoms with Gasteiger partial charge in [-0.15, -0.1) is 34.2 Å². The van der Waals surface area contributed by atoms with Gasteiger partial charge in [-0.05, 0) is 12.8 Å². The quantitative estimate of drug-likeness (QED) is 0.376. The highest BCUT2D eigenvalue weighted by Gasteiger charge is 2.38. The van der Waals surface area contributed by atoms with Crippen LogP contribution in [0.1, 0.15) is 37.9 Å². The first-order chi connectivity index (χ1) is 12.2. The van der Waals surface area contributed by atoms with E-state index in [4.69, 9.17) is 4.74 Å². The molecule has 1 saturated heterocycles. The molecule has 0 atom stereocenters. The van der Waals surface area contributed by atoms with E-state index in [1.54, 1.807) is 6.33 Å². The van der Waals surface area contributed by atoms with Crippen LogP contribution in [0.3, 0.4) is 0 Å². The molecule has 148 valence electrons. The molecule has 1 aliphatic carbocycles. The molecule has 2 N–H and O–H groups in total. The summed E-state index contributed by atoms with van der Waals surface area (Å²) >= 11 is 0. The average molecular weight is 477 g/mol. The van der Waals surface area contributed by atoms with Gasteiger partial charge in [0.2, 0.25) is 0 Å². The maximum absolute atomic E-state index is 5.56. The SMILES string of the molecule is CN=C(NCc1nncn1C)NCC1(N2CCOCC2)CCCCC1.I. The smallest absolute Gasteiger partial charge is 0.191 e. The number of morpholine rings is 1. The van der Waals surface area contributed by atoms with Gasteiger partial charge in [0.1, 0.15) is 6.33 Å². The first-order valence-corrected chi connectivity index (χ1v) is 9.34. The minimum atomic E-state index is 0. The minimum Gasteiger partial charge on any atom is -0.379 e. The normalized spacial score (nSPS) is 21.1. The molecule has 2 heterocycles. The number of nitrogens with one attached hydrogen (secondary N) is 2. The molecule has 8 nitrogen and oxygen atoms in total. The molecule has 1 aliphatic heterocycles. The summed E-state index contributed by atoms with van der Waals surface area (Å²) in [5.74, 6) is 1.71. The fraction of sp³-hybridized carbons (Fsp3) is 0.824. The lowest BCUT2D eigenvalue weighted by Crippen LogP contribution is -2.60. The summed E-state index contributed by atoms with van der Waals surface area (Å²) in [5.41, 5.74) is 0.227. The number of halogens is 1. The fourth-order valence-electron chi connectivity index (χ4n) is 3.95. The van der Waals surface area contributed by atoms with Crippen molar-refractivity contribution >= 4 is 29.9 Å². The maximum Gasteiger partial charge on any atom is 0.191 e. The monoisotopic (exact) mass is 477 g/mol. The Morgan fingerprint density at radius 1 is 1.23 bits per heavy atom. The van der Waals surface area contributed by atoms with Crippen molar-refractivity contribution in [2.24, 2.45) is 12.0 Å². The highest BCUT2D eigenvalue weighted by atomic mass is 127. The Kier molecular flexibility index (Phi) is 8.55. The Hall–Kier alpha value is -0.940. The number of aromatic nitrogens is 3. The number of hydrogen-bond donors (Lipinski definition) is 2. The van der Waals surface area contributed by atoms with Crippen molar-refractivity contribution in [2.75, 3.05) is 39.9 Å². The van der Waals surface area contributed by atoms with E-state index in [2.05, 4.69) is 30.7 Å². The molecule has 9 heteroatoms. The topological polar surface area (TPSA) is 79.6 Å². The zero-order valence-corrected chi connectivity index (χ0v) is 18.2. The van der Waals surface area contributed by atoms with Gasteiger partial charge < -0.3 is 19.9 Å². The molecule has 0 amide bonds. The first-order valence-electron chi connectivity index (χ1n) is 9.34. The fourth-order valence-corrected chi connectivity index (χ4v) is 3.95. The highest BCUT2D eigenvalue weighted by Crippen LogP contribution is 2.33. The predicted octanol–water partition coefficient (Wildman–Crippen LogP) is 1.13. The zero-order chi connectivity index (χ0) is 17.5. The van der Waals surface area contributed by atoms with Crippen LogP contribution in [0, 0.1) is 0 Å². The number of hydrogen-bond acceptors (Lipinski definition) is 5. The summed E-state index contributed by atoms with van der Waals surface area (Å²) in [6, 6.07) is 0. The molecule has 0 unspecified atom stereocenters. The maximum atomic E-state index is 5.56. The number of aryl methyl sites for hydroxylation is 1. The van der Waals surface area contributed by atoms with Crippen molar-refractivity contribution in [3.63, 3.8) is 0 Å². The third-order valence-corrected chi connectivity index (χ3v) is 5.49. The molecule has 0 aromatic carbocycles. The molecule has 0 radical (unpaired) electrons. The van der Waals surface area contributed by atoms with Gasteiger partial charge in [-0.1, -0.05) is 19.3 Å². The molecule has 2 fully saturated rings. The summed E-state index contributed by atoms with van der Waals surface area (Å²) < 4.78 is 7.47. The van der Waals surface area contributed by atoms with Gasteiger partial charge in [0.25, 0.3) is 0 Å². The van der Waals surface area contributed by atoms with Crippen LogP contribution in [0.2, 0.25) is 0 Å². The van der Waals surface area contributed by atoms with Gasteiger partial charge >= 0.3 is 0 Å². The number of ether oxygens (including phenoxy) is 1. The molecule has 0 spiro atoms. The number of rotatable bonds is 5. The lowest BCUT2D eigenvalue weighted by molar-refractivity contribution is -0.0352. The van der Waals surface area contributed by atoms with Crippen LogP contribution in [0.15, 0.2) is 11.3 Å². The van der Waals surface area contributed by atoms with E-state index in [9.17, 15) is 0 Å². The standard InChI is InChI=1S/C17H31N7O.HI/c1-18-16(19-12-15-22-21-14-23(15)2)20-13-17(6-4-3-5-7-17)24-8-10-25-11-9-24;/h14H,3-13H2,1-2H3,(H2,18,19,20);1H. The van der Waals surface area contributed by atoms with Crippen molar-refractivity contribution < 1.29 is 4.74 Å². The third kappa shape index (κ3) is 5.29. The van der Waals surface area contributed by atoms with Crippen molar-refractivity contribution in [1.82, 2.24) is 30.3 Å². The zero-order valence-electron chi connectivity index (χ0n) is 15.9. The van der Waals surface area contributed by atoms with Gasteiger partial charge in [0.05, 0.1) is 19.8 Å². The number of aliphatic imine (C=N–C) groups is 1. The van der Waals surface area contributed by atoms with Gasteiger partial charge in [-0.2, -0.15) is 0 Å². The van der Waals surface area contributed by atoms with Crippen molar-refractivity contribution in [1.29, 1.82) is 0 Å². The molecule has 1 aromatic rings. The van der Waals surface area contributed by atoms with Crippen LogP contribution < -0.4 is 10.6 Å². The lowest BCUT2D eigenvalue weighted by atomic mass is 9.80. The van der Waals surface area contributed by atoms with Crippen LogP contribution in [0.25, 0.3) is 0 Å². The van der Waals surface area contributed by atoms with Gasteiger partial charge in [-0.3, -0.25) is 9.89 Å². The molecule has 26 heavy (non-hydrogen) atoms. The van der Waals surface area contributed by atoms with Gasteiger partial charge in [0, 0.05) is 39.3 Å². The van der Waals surface area contributed by atoms with E-state index in [0.29, 0.717) is 6.54 Å².